The van der Waals surface area contributed by atoms with Gasteiger partial charge in [0.25, 0.3) is 7.37 Å². The number of rotatable bonds is 13. The number of ketones is 1. The Morgan fingerprint density at radius 3 is 2.23 bits per heavy atom. The van der Waals surface area contributed by atoms with E-state index in [9.17, 15) is 37.8 Å². The standard InChI is InChI=1S/C34H38FN4O7P/c1-21(2)18-28(39-34(44)33(43)37-26-14-8-7-13-25(26)35)32(42)38-27(19-23-16-17-36-31(23)41)29(40)20-22-10-6-9-15-30(22)47(45,46)24-11-4-3-5-12-24/h3-15,21,23,27-28H,16-20H2,1-2H3,(H,36,41)(H,37,43)(H,38,42)(H,39,44)(H,45,46)/t23-,27?,28?/m0/s1. The largest absolute Gasteiger partial charge is 0.356 e. The van der Waals surface area contributed by atoms with Crippen LogP contribution in [-0.4, -0.2) is 52.9 Å². The van der Waals surface area contributed by atoms with E-state index >= 15 is 0 Å². The highest BCUT2D eigenvalue weighted by Crippen LogP contribution is 2.39. The zero-order valence-electron chi connectivity index (χ0n) is 26.1. The van der Waals surface area contributed by atoms with Crippen molar-refractivity contribution in [1.29, 1.82) is 0 Å². The Bertz CT molecular complexity index is 1680. The second-order valence-electron chi connectivity index (χ2n) is 11.8. The number of anilines is 1. The summed E-state index contributed by atoms with van der Waals surface area (Å²) in [6.07, 6.45) is 0.184. The van der Waals surface area contributed by atoms with Crippen molar-refractivity contribution >= 4 is 53.1 Å². The molecule has 4 rings (SSSR count). The second-order valence-corrected chi connectivity index (χ2v) is 14.0. The van der Waals surface area contributed by atoms with E-state index in [2.05, 4.69) is 21.3 Å². The summed E-state index contributed by atoms with van der Waals surface area (Å²) in [6, 6.07) is 17.2. The predicted molar refractivity (Wildman–Crippen MR) is 175 cm³/mol. The molecule has 0 aromatic heterocycles. The number of benzene rings is 3. The number of amides is 4. The maximum Gasteiger partial charge on any atom is 0.313 e. The van der Waals surface area contributed by atoms with E-state index in [0.717, 1.165) is 6.07 Å². The first-order chi connectivity index (χ1) is 22.4. The van der Waals surface area contributed by atoms with Crippen LogP contribution in [0.4, 0.5) is 10.1 Å². The maximum atomic E-state index is 14.0. The Balaban J connectivity index is 1.55. The normalized spacial score (nSPS) is 16.8. The van der Waals surface area contributed by atoms with E-state index in [1.165, 1.54) is 36.4 Å². The van der Waals surface area contributed by atoms with Gasteiger partial charge in [-0.2, -0.15) is 0 Å². The summed E-state index contributed by atoms with van der Waals surface area (Å²) in [5, 5.41) is 10.2. The molecule has 0 radical (unpaired) electrons. The average Bonchev–Trinajstić information content (AvgIpc) is 3.45. The van der Waals surface area contributed by atoms with Crippen molar-refractivity contribution in [3.63, 3.8) is 0 Å². The van der Waals surface area contributed by atoms with E-state index < -0.39 is 54.7 Å². The summed E-state index contributed by atoms with van der Waals surface area (Å²) in [7, 11) is -4.09. The molecule has 1 aliphatic heterocycles. The minimum Gasteiger partial charge on any atom is -0.356 e. The molecular formula is C34H38FN4O7P. The van der Waals surface area contributed by atoms with Gasteiger partial charge in [-0.15, -0.1) is 0 Å². The smallest absolute Gasteiger partial charge is 0.313 e. The average molecular weight is 665 g/mol. The fraction of sp³-hybridized carbons (Fsp3) is 0.324. The summed E-state index contributed by atoms with van der Waals surface area (Å²) in [4.78, 5) is 76.4. The molecule has 4 amide bonds. The van der Waals surface area contributed by atoms with Crippen LogP contribution in [0.5, 0.6) is 0 Å². The predicted octanol–water partition coefficient (Wildman–Crippen LogP) is 2.34. The fourth-order valence-electron chi connectivity index (χ4n) is 5.40. The quantitative estimate of drug-likeness (QED) is 0.138. The lowest BCUT2D eigenvalue weighted by molar-refractivity contribution is -0.138. The second kappa shape index (κ2) is 15.8. The van der Waals surface area contributed by atoms with Gasteiger partial charge in [-0.3, -0.25) is 28.5 Å². The zero-order chi connectivity index (χ0) is 34.1. The number of para-hydroxylation sites is 1. The van der Waals surface area contributed by atoms with Gasteiger partial charge >= 0.3 is 11.8 Å². The Labute approximate surface area is 272 Å². The van der Waals surface area contributed by atoms with Gasteiger partial charge in [-0.1, -0.05) is 62.4 Å². The number of Topliss-reactive ketones (excluding diaryl/α,β-unsaturated/α-hetero) is 1. The van der Waals surface area contributed by atoms with Crippen LogP contribution in [0.1, 0.15) is 38.7 Å². The summed E-state index contributed by atoms with van der Waals surface area (Å²) in [6.45, 7) is 4.01. The Morgan fingerprint density at radius 1 is 0.915 bits per heavy atom. The van der Waals surface area contributed by atoms with E-state index in [0.29, 0.717) is 18.5 Å². The number of hydrogen-bond acceptors (Lipinski definition) is 6. The van der Waals surface area contributed by atoms with Gasteiger partial charge in [0, 0.05) is 29.5 Å². The zero-order valence-corrected chi connectivity index (χ0v) is 27.0. The molecule has 0 aliphatic carbocycles. The van der Waals surface area contributed by atoms with Crippen LogP contribution in [0.25, 0.3) is 0 Å². The first-order valence-corrected chi connectivity index (χ1v) is 17.0. The number of nitrogens with one attached hydrogen (secondary N) is 4. The van der Waals surface area contributed by atoms with Crippen LogP contribution in [0.3, 0.4) is 0 Å². The number of carbonyl (C=O) groups is 5. The Hall–Kier alpha value is -4.67. The van der Waals surface area contributed by atoms with Crippen molar-refractivity contribution in [2.24, 2.45) is 11.8 Å². The molecule has 47 heavy (non-hydrogen) atoms. The summed E-state index contributed by atoms with van der Waals surface area (Å²) in [5.74, 6) is -5.34. The molecule has 13 heteroatoms. The maximum absolute atomic E-state index is 14.0. The highest BCUT2D eigenvalue weighted by atomic mass is 31.2. The summed E-state index contributed by atoms with van der Waals surface area (Å²) in [5.41, 5.74) is 0.0807. The molecule has 3 unspecified atom stereocenters. The van der Waals surface area contributed by atoms with Gasteiger partial charge in [0.15, 0.2) is 5.78 Å². The first kappa shape index (κ1) is 35.2. The molecule has 1 aliphatic rings. The molecule has 0 bridgehead atoms. The van der Waals surface area contributed by atoms with E-state index in [4.69, 9.17) is 0 Å². The van der Waals surface area contributed by atoms with Crippen LogP contribution in [0.2, 0.25) is 0 Å². The lowest BCUT2D eigenvalue weighted by atomic mass is 9.92. The lowest BCUT2D eigenvalue weighted by Crippen LogP contribution is -2.54. The van der Waals surface area contributed by atoms with Crippen LogP contribution >= 0.6 is 7.37 Å². The summed E-state index contributed by atoms with van der Waals surface area (Å²) >= 11 is 0. The van der Waals surface area contributed by atoms with E-state index in [1.807, 2.05) is 0 Å². The van der Waals surface area contributed by atoms with Gasteiger partial charge < -0.3 is 26.2 Å². The molecule has 3 aromatic carbocycles. The highest BCUT2D eigenvalue weighted by Gasteiger charge is 2.35. The van der Waals surface area contributed by atoms with Crippen molar-refractivity contribution < 1.29 is 37.8 Å². The van der Waals surface area contributed by atoms with Crippen molar-refractivity contribution in [2.75, 3.05) is 11.9 Å². The van der Waals surface area contributed by atoms with Crippen LogP contribution < -0.4 is 31.9 Å². The van der Waals surface area contributed by atoms with Crippen LogP contribution in [0, 0.1) is 17.7 Å². The van der Waals surface area contributed by atoms with Crippen molar-refractivity contribution in [2.45, 2.75) is 51.6 Å². The van der Waals surface area contributed by atoms with Gasteiger partial charge in [0.1, 0.15) is 11.9 Å². The fourth-order valence-corrected chi connectivity index (χ4v) is 7.09. The van der Waals surface area contributed by atoms with Gasteiger partial charge in [-0.25, -0.2) is 4.39 Å². The lowest BCUT2D eigenvalue weighted by Gasteiger charge is -2.25. The van der Waals surface area contributed by atoms with E-state index in [-0.39, 0.29) is 47.4 Å². The van der Waals surface area contributed by atoms with Crippen LogP contribution in [-0.2, 0) is 35.0 Å². The molecule has 5 N–H and O–H groups in total. The third-order valence-corrected chi connectivity index (χ3v) is 9.92. The third kappa shape index (κ3) is 9.21. The van der Waals surface area contributed by atoms with Crippen molar-refractivity contribution in [3.8, 4) is 0 Å². The molecule has 1 heterocycles. The monoisotopic (exact) mass is 664 g/mol. The number of halogens is 1. The van der Waals surface area contributed by atoms with Crippen LogP contribution in [0.15, 0.2) is 78.9 Å². The number of carbonyl (C=O) groups excluding carboxylic acids is 5. The molecule has 1 saturated heterocycles. The van der Waals surface area contributed by atoms with Gasteiger partial charge in [0.05, 0.1) is 11.7 Å². The molecular weight excluding hydrogens is 626 g/mol. The SMILES string of the molecule is CC(C)CC(NC(=O)C(=O)Nc1ccccc1F)C(=O)NC(C[C@@H]1CCNC1=O)C(=O)Cc1ccccc1P(=O)(O)c1ccccc1. The Morgan fingerprint density at radius 2 is 1.57 bits per heavy atom. The minimum atomic E-state index is -4.09. The number of hydrogen-bond donors (Lipinski definition) is 5. The molecule has 1 fully saturated rings. The molecule has 3 aromatic rings. The van der Waals surface area contributed by atoms with Crippen molar-refractivity contribution in [1.82, 2.24) is 16.0 Å². The summed E-state index contributed by atoms with van der Waals surface area (Å²) < 4.78 is 27.6. The van der Waals surface area contributed by atoms with Gasteiger partial charge in [-0.05, 0) is 61.1 Å². The molecule has 0 saturated carbocycles. The molecule has 248 valence electrons. The molecule has 11 nitrogen and oxygen atoms in total. The minimum absolute atomic E-state index is 0.0375. The van der Waals surface area contributed by atoms with Crippen molar-refractivity contribution in [3.05, 3.63) is 90.2 Å². The van der Waals surface area contributed by atoms with Gasteiger partial charge in [0.2, 0.25) is 11.8 Å². The van der Waals surface area contributed by atoms with E-state index in [1.54, 1.807) is 50.2 Å². The highest BCUT2D eigenvalue weighted by molar-refractivity contribution is 7.73. The first-order valence-electron chi connectivity index (χ1n) is 15.3. The molecule has 0 spiro atoms. The third-order valence-electron chi connectivity index (χ3n) is 7.83. The Kier molecular flexibility index (Phi) is 11.8. The molecule has 4 atom stereocenters. The topological polar surface area (TPSA) is 171 Å².